The highest BCUT2D eigenvalue weighted by molar-refractivity contribution is 7.91. The molecule has 0 aliphatic carbocycles. The summed E-state index contributed by atoms with van der Waals surface area (Å²) in [5, 5.41) is 20.4. The van der Waals surface area contributed by atoms with E-state index >= 15 is 0 Å². The van der Waals surface area contributed by atoms with Crippen LogP contribution < -0.4 is 19.8 Å². The molecule has 10 nitrogen and oxygen atoms in total. The van der Waals surface area contributed by atoms with Crippen LogP contribution in [0.3, 0.4) is 0 Å². The predicted molar refractivity (Wildman–Crippen MR) is 117 cm³/mol. The van der Waals surface area contributed by atoms with Gasteiger partial charge < -0.3 is 19.3 Å². The molecule has 1 fully saturated rings. The van der Waals surface area contributed by atoms with E-state index < -0.39 is 27.3 Å². The number of hydrogen-bond donors (Lipinski definition) is 1. The normalized spacial score (nSPS) is 17.3. The lowest BCUT2D eigenvalue weighted by atomic mass is 10.0. The third kappa shape index (κ3) is 4.13. The van der Waals surface area contributed by atoms with Crippen molar-refractivity contribution in [2.75, 3.05) is 32.8 Å². The van der Waals surface area contributed by atoms with Gasteiger partial charge in [0.15, 0.2) is 21.3 Å². The van der Waals surface area contributed by atoms with E-state index in [0.29, 0.717) is 22.9 Å². The molecule has 2 heterocycles. The number of ether oxygens (including phenoxy) is 3. The van der Waals surface area contributed by atoms with Crippen molar-refractivity contribution in [2.45, 2.75) is 19.4 Å². The van der Waals surface area contributed by atoms with E-state index in [1.54, 1.807) is 12.1 Å². The summed E-state index contributed by atoms with van der Waals surface area (Å²) < 4.78 is 40.7. The summed E-state index contributed by atoms with van der Waals surface area (Å²) in [7, 11) is 1.08. The zero-order valence-corrected chi connectivity index (χ0v) is 18.9. The number of sulfone groups is 1. The van der Waals surface area contributed by atoms with Crippen LogP contribution in [0.15, 0.2) is 21.9 Å². The van der Waals surface area contributed by atoms with Crippen LogP contribution >= 0.6 is 0 Å². The Hall–Kier alpha value is -3.52. The minimum absolute atomic E-state index is 0.0891. The number of aliphatic imine (C=N–C) groups is 1. The van der Waals surface area contributed by atoms with E-state index in [2.05, 4.69) is 4.99 Å². The Labute approximate surface area is 185 Å². The molecule has 11 heteroatoms. The van der Waals surface area contributed by atoms with Crippen molar-refractivity contribution in [1.29, 1.82) is 5.26 Å². The Morgan fingerprint density at radius 1 is 1.22 bits per heavy atom. The first-order valence-corrected chi connectivity index (χ1v) is 11.4. The zero-order chi connectivity index (χ0) is 23.6. The molecule has 0 amide bonds. The van der Waals surface area contributed by atoms with E-state index in [0.717, 1.165) is 4.57 Å². The van der Waals surface area contributed by atoms with Crippen molar-refractivity contribution < 1.29 is 27.7 Å². The molecular formula is C21H23N3O7S. The maximum absolute atomic E-state index is 12.8. The largest absolute Gasteiger partial charge is 0.494 e. The molecule has 1 aliphatic heterocycles. The summed E-state index contributed by atoms with van der Waals surface area (Å²) in [6.45, 7) is 1.52. The van der Waals surface area contributed by atoms with Crippen molar-refractivity contribution in [3.8, 4) is 29.2 Å². The number of aromatic nitrogens is 1. The van der Waals surface area contributed by atoms with E-state index in [1.165, 1.54) is 34.5 Å². The Morgan fingerprint density at radius 3 is 2.31 bits per heavy atom. The molecule has 1 aromatic carbocycles. The molecule has 0 unspecified atom stereocenters. The minimum Gasteiger partial charge on any atom is -0.494 e. The lowest BCUT2D eigenvalue weighted by Crippen LogP contribution is -2.29. The third-order valence-electron chi connectivity index (χ3n) is 5.36. The van der Waals surface area contributed by atoms with Crippen LogP contribution in [0.2, 0.25) is 0 Å². The molecule has 1 aromatic heterocycles. The maximum atomic E-state index is 12.8. The summed E-state index contributed by atoms with van der Waals surface area (Å²) in [4.78, 5) is 17.1. The van der Waals surface area contributed by atoms with Gasteiger partial charge in [0, 0.05) is 18.3 Å². The number of rotatable bonds is 6. The van der Waals surface area contributed by atoms with Gasteiger partial charge in [0.1, 0.15) is 11.6 Å². The average Bonchev–Trinajstić information content (AvgIpc) is 3.12. The van der Waals surface area contributed by atoms with Crippen molar-refractivity contribution in [2.24, 2.45) is 4.99 Å². The lowest BCUT2D eigenvalue weighted by Gasteiger charge is -2.18. The number of aromatic hydroxyl groups is 1. The average molecular weight is 461 g/mol. The molecule has 0 saturated carbocycles. The number of nitriles is 1. The Balaban J connectivity index is 2.15. The predicted octanol–water partition coefficient (Wildman–Crippen LogP) is 1.87. The Kier molecular flexibility index (Phi) is 6.45. The van der Waals surface area contributed by atoms with Gasteiger partial charge in [-0.1, -0.05) is 0 Å². The van der Waals surface area contributed by atoms with Crippen molar-refractivity contribution >= 4 is 21.7 Å². The fourth-order valence-electron chi connectivity index (χ4n) is 3.69. The third-order valence-corrected chi connectivity index (χ3v) is 7.11. The molecule has 2 aromatic rings. The lowest BCUT2D eigenvalue weighted by molar-refractivity contribution is 0.324. The van der Waals surface area contributed by atoms with Crippen LogP contribution in [0.4, 0.5) is 5.69 Å². The second-order valence-corrected chi connectivity index (χ2v) is 9.45. The summed E-state index contributed by atoms with van der Waals surface area (Å²) in [5.41, 5.74) is -0.131. The van der Waals surface area contributed by atoms with Crippen molar-refractivity contribution in [3.63, 3.8) is 0 Å². The van der Waals surface area contributed by atoms with Crippen LogP contribution in [-0.4, -0.2) is 57.1 Å². The first-order valence-electron chi connectivity index (χ1n) is 9.60. The van der Waals surface area contributed by atoms with Gasteiger partial charge in [0.2, 0.25) is 11.6 Å². The molecule has 1 aliphatic rings. The van der Waals surface area contributed by atoms with Gasteiger partial charge in [-0.05, 0) is 18.9 Å². The van der Waals surface area contributed by atoms with Gasteiger partial charge in [-0.2, -0.15) is 5.26 Å². The highest BCUT2D eigenvalue weighted by atomic mass is 32.2. The minimum atomic E-state index is -3.32. The first-order chi connectivity index (χ1) is 15.2. The first kappa shape index (κ1) is 23.1. The molecule has 1 saturated heterocycles. The molecule has 1 atom stereocenters. The quantitative estimate of drug-likeness (QED) is 0.643. The molecule has 3 rings (SSSR count). The van der Waals surface area contributed by atoms with Crippen molar-refractivity contribution in [3.05, 3.63) is 39.2 Å². The summed E-state index contributed by atoms with van der Waals surface area (Å²) >= 11 is 0. The Bertz CT molecular complexity index is 1260. The fourth-order valence-corrected chi connectivity index (χ4v) is 5.39. The van der Waals surface area contributed by atoms with Gasteiger partial charge in [0.25, 0.3) is 5.56 Å². The number of benzene rings is 1. The highest BCUT2D eigenvalue weighted by Crippen LogP contribution is 2.41. The molecule has 0 spiro atoms. The number of nitrogens with zero attached hydrogens (tertiary/aromatic N) is 3. The van der Waals surface area contributed by atoms with Crippen LogP contribution in [-0.2, 0) is 9.84 Å². The van der Waals surface area contributed by atoms with Crippen LogP contribution in [0, 0.1) is 18.3 Å². The molecule has 32 heavy (non-hydrogen) atoms. The van der Waals surface area contributed by atoms with E-state index in [9.17, 15) is 23.6 Å². The SMILES string of the molecule is COc1cc(N=Cc2c(C)c(C#N)c(=O)n([C@@H]3CCS(=O)(=O)C3)c2O)cc(OC)c1OC. The number of methoxy groups -OCH3 is 3. The summed E-state index contributed by atoms with van der Waals surface area (Å²) in [6, 6.07) is 4.28. The fraction of sp³-hybridized carbons (Fsp3) is 0.381. The zero-order valence-electron chi connectivity index (χ0n) is 18.1. The van der Waals surface area contributed by atoms with Gasteiger partial charge in [-0.3, -0.25) is 14.4 Å². The van der Waals surface area contributed by atoms with Crippen LogP contribution in [0.25, 0.3) is 0 Å². The molecule has 1 N–H and O–H groups in total. The van der Waals surface area contributed by atoms with Gasteiger partial charge in [0.05, 0.1) is 50.1 Å². The van der Waals surface area contributed by atoms with Gasteiger partial charge in [-0.15, -0.1) is 0 Å². The number of hydrogen-bond acceptors (Lipinski definition) is 9. The standard InChI is InChI=1S/C21H23N3O7S/c1-12-15(9-22)20(25)24(14-5-6-32(27,28)11-14)21(26)16(12)10-23-13-7-17(29-2)19(31-4)18(8-13)30-3/h7-8,10,14,26H,5-6,11H2,1-4H3/t14-/m1/s1. The molecular weight excluding hydrogens is 438 g/mol. The summed E-state index contributed by atoms with van der Waals surface area (Å²) in [5.74, 6) is 0.324. The maximum Gasteiger partial charge on any atom is 0.271 e. The van der Waals surface area contributed by atoms with Gasteiger partial charge in [-0.25, -0.2) is 8.42 Å². The molecule has 0 bridgehead atoms. The monoisotopic (exact) mass is 461 g/mol. The second kappa shape index (κ2) is 8.92. The van der Waals surface area contributed by atoms with Crippen LogP contribution in [0.5, 0.6) is 23.1 Å². The van der Waals surface area contributed by atoms with E-state index in [4.69, 9.17) is 14.2 Å². The highest BCUT2D eigenvalue weighted by Gasteiger charge is 2.33. The Morgan fingerprint density at radius 2 is 1.84 bits per heavy atom. The topological polar surface area (TPSA) is 140 Å². The smallest absolute Gasteiger partial charge is 0.271 e. The van der Waals surface area contributed by atoms with Crippen molar-refractivity contribution in [1.82, 2.24) is 4.57 Å². The molecule has 170 valence electrons. The van der Waals surface area contributed by atoms with Gasteiger partial charge >= 0.3 is 0 Å². The second-order valence-electron chi connectivity index (χ2n) is 7.22. The summed E-state index contributed by atoms with van der Waals surface area (Å²) in [6.07, 6.45) is 1.48. The molecule has 0 radical (unpaired) electrons. The number of pyridine rings is 1. The van der Waals surface area contributed by atoms with E-state index in [1.807, 2.05) is 6.07 Å². The van der Waals surface area contributed by atoms with Crippen LogP contribution in [0.1, 0.15) is 29.2 Å². The van der Waals surface area contributed by atoms with E-state index in [-0.39, 0.29) is 34.6 Å².